The minimum atomic E-state index is -3.33. The van der Waals surface area contributed by atoms with Gasteiger partial charge in [-0.3, -0.25) is 9.52 Å². The van der Waals surface area contributed by atoms with Crippen LogP contribution < -0.4 is 4.72 Å². The van der Waals surface area contributed by atoms with Crippen LogP contribution in [-0.4, -0.2) is 25.2 Å². The molecule has 0 aromatic heterocycles. The van der Waals surface area contributed by atoms with E-state index in [1.54, 1.807) is 0 Å². The first-order chi connectivity index (χ1) is 11.9. The minimum Gasteiger partial charge on any atom is -0.481 e. The second-order valence-corrected chi connectivity index (χ2v) is 8.11. The largest absolute Gasteiger partial charge is 0.481 e. The van der Waals surface area contributed by atoms with E-state index >= 15 is 0 Å². The van der Waals surface area contributed by atoms with Crippen molar-refractivity contribution in [3.05, 3.63) is 59.8 Å². The molecule has 1 aromatic carbocycles. The highest BCUT2D eigenvalue weighted by atomic mass is 32.2. The van der Waals surface area contributed by atoms with Crippen LogP contribution >= 0.6 is 0 Å². The van der Waals surface area contributed by atoms with Gasteiger partial charge in [0, 0.05) is 12.1 Å². The number of rotatable bonds is 10. The normalized spacial score (nSPS) is 17.6. The molecule has 136 valence electrons. The summed E-state index contributed by atoms with van der Waals surface area (Å²) in [7, 11) is -3.33. The van der Waals surface area contributed by atoms with E-state index in [-0.39, 0.29) is 18.1 Å². The van der Waals surface area contributed by atoms with Crippen molar-refractivity contribution in [1.82, 2.24) is 4.72 Å². The quantitative estimate of drug-likeness (QED) is 0.494. The van der Waals surface area contributed by atoms with Gasteiger partial charge in [-0.2, -0.15) is 0 Å². The SMILES string of the molecule is O=C(O)CCCC=C[C@H]1C=C(NS(=O)(=O)CCc2ccccc2)CC1. The van der Waals surface area contributed by atoms with Crippen LogP contribution in [-0.2, 0) is 21.2 Å². The van der Waals surface area contributed by atoms with E-state index in [1.807, 2.05) is 48.6 Å². The van der Waals surface area contributed by atoms with E-state index < -0.39 is 16.0 Å². The van der Waals surface area contributed by atoms with Crippen LogP contribution in [0.5, 0.6) is 0 Å². The molecule has 1 aromatic rings. The molecule has 1 aliphatic carbocycles. The average molecular weight is 363 g/mol. The zero-order valence-corrected chi connectivity index (χ0v) is 15.0. The number of aryl methyl sites for hydroxylation is 1. The standard InChI is InChI=1S/C19H25NO4S/c21-19(22)10-6-2-5-9-17-11-12-18(15-17)20-25(23,24)14-13-16-7-3-1-4-8-16/h1,3-5,7-9,15,17,20H,2,6,10-14H2,(H,21,22)/t17-/m1/s1. The van der Waals surface area contributed by atoms with Crippen molar-refractivity contribution in [2.24, 2.45) is 5.92 Å². The number of carboxylic acid groups (broad SMARTS) is 1. The number of nitrogens with one attached hydrogen (secondary N) is 1. The highest BCUT2D eigenvalue weighted by Crippen LogP contribution is 2.24. The Morgan fingerprint density at radius 2 is 2.04 bits per heavy atom. The fraction of sp³-hybridized carbons (Fsp3) is 0.421. The Morgan fingerprint density at radius 1 is 1.28 bits per heavy atom. The van der Waals surface area contributed by atoms with E-state index in [0.717, 1.165) is 24.1 Å². The summed E-state index contributed by atoms with van der Waals surface area (Å²) < 4.78 is 27.1. The van der Waals surface area contributed by atoms with Gasteiger partial charge in [-0.15, -0.1) is 0 Å². The van der Waals surface area contributed by atoms with Gasteiger partial charge < -0.3 is 5.11 Å². The summed E-state index contributed by atoms with van der Waals surface area (Å²) >= 11 is 0. The number of carboxylic acids is 1. The molecule has 0 saturated heterocycles. The molecule has 0 heterocycles. The first-order valence-electron chi connectivity index (χ1n) is 8.58. The van der Waals surface area contributed by atoms with E-state index in [4.69, 9.17) is 5.11 Å². The summed E-state index contributed by atoms with van der Waals surface area (Å²) in [6.07, 6.45) is 9.60. The van der Waals surface area contributed by atoms with Crippen molar-refractivity contribution in [2.45, 2.75) is 38.5 Å². The highest BCUT2D eigenvalue weighted by Gasteiger charge is 2.18. The maximum Gasteiger partial charge on any atom is 0.303 e. The van der Waals surface area contributed by atoms with Gasteiger partial charge in [-0.05, 0) is 43.6 Å². The summed E-state index contributed by atoms with van der Waals surface area (Å²) in [6.45, 7) is 0. The fourth-order valence-electron chi connectivity index (χ4n) is 2.77. The number of benzene rings is 1. The van der Waals surface area contributed by atoms with E-state index in [2.05, 4.69) is 4.72 Å². The van der Waals surface area contributed by atoms with Crippen LogP contribution in [0.3, 0.4) is 0 Å². The summed E-state index contributed by atoms with van der Waals surface area (Å²) in [6, 6.07) is 9.57. The third-order valence-corrected chi connectivity index (χ3v) is 5.41. The molecule has 5 nitrogen and oxygen atoms in total. The molecule has 0 spiro atoms. The van der Waals surface area contributed by atoms with Crippen LogP contribution in [0.1, 0.15) is 37.7 Å². The molecular weight excluding hydrogens is 338 g/mol. The van der Waals surface area contributed by atoms with Gasteiger partial charge in [0.2, 0.25) is 10.0 Å². The second kappa shape index (κ2) is 9.42. The molecule has 0 fully saturated rings. The first kappa shape index (κ1) is 19.2. The lowest BCUT2D eigenvalue weighted by atomic mass is 10.1. The van der Waals surface area contributed by atoms with Crippen LogP contribution in [0.2, 0.25) is 0 Å². The predicted molar refractivity (Wildman–Crippen MR) is 98.5 cm³/mol. The molecule has 6 heteroatoms. The molecule has 0 saturated carbocycles. The number of aliphatic carboxylic acids is 1. The molecule has 0 aliphatic heterocycles. The van der Waals surface area contributed by atoms with Gasteiger partial charge >= 0.3 is 5.97 Å². The molecule has 1 aliphatic rings. The molecule has 25 heavy (non-hydrogen) atoms. The maximum absolute atomic E-state index is 12.2. The smallest absolute Gasteiger partial charge is 0.303 e. The molecule has 0 bridgehead atoms. The Kier molecular flexibility index (Phi) is 7.25. The van der Waals surface area contributed by atoms with E-state index in [1.165, 1.54) is 0 Å². The molecule has 0 amide bonds. The van der Waals surface area contributed by atoms with E-state index in [9.17, 15) is 13.2 Å². The monoisotopic (exact) mass is 363 g/mol. The molecule has 1 atom stereocenters. The lowest BCUT2D eigenvalue weighted by Crippen LogP contribution is -2.26. The summed E-state index contributed by atoms with van der Waals surface area (Å²) in [4.78, 5) is 10.4. The van der Waals surface area contributed by atoms with Crippen molar-refractivity contribution >= 4 is 16.0 Å². The number of carbonyl (C=O) groups is 1. The van der Waals surface area contributed by atoms with E-state index in [0.29, 0.717) is 19.3 Å². The maximum atomic E-state index is 12.2. The van der Waals surface area contributed by atoms with Crippen molar-refractivity contribution in [2.75, 3.05) is 5.75 Å². The van der Waals surface area contributed by atoms with Crippen LogP contribution in [0, 0.1) is 5.92 Å². The van der Waals surface area contributed by atoms with Gasteiger partial charge in [0.25, 0.3) is 0 Å². The zero-order valence-electron chi connectivity index (χ0n) is 14.2. The Morgan fingerprint density at radius 3 is 2.76 bits per heavy atom. The number of unbranched alkanes of at least 4 members (excludes halogenated alkanes) is 1. The highest BCUT2D eigenvalue weighted by molar-refractivity contribution is 7.89. The third kappa shape index (κ3) is 7.56. The van der Waals surface area contributed by atoms with Crippen molar-refractivity contribution in [3.8, 4) is 0 Å². The van der Waals surface area contributed by atoms with Gasteiger partial charge in [0.05, 0.1) is 5.75 Å². The number of hydrogen-bond donors (Lipinski definition) is 2. The molecule has 0 unspecified atom stereocenters. The number of sulfonamides is 1. The van der Waals surface area contributed by atoms with Crippen LogP contribution in [0.25, 0.3) is 0 Å². The van der Waals surface area contributed by atoms with Crippen molar-refractivity contribution in [3.63, 3.8) is 0 Å². The molecular formula is C19H25NO4S. The molecule has 2 N–H and O–H groups in total. The van der Waals surface area contributed by atoms with Gasteiger partial charge in [-0.25, -0.2) is 8.42 Å². The third-order valence-electron chi connectivity index (χ3n) is 4.10. The van der Waals surface area contributed by atoms with Crippen LogP contribution in [0.15, 0.2) is 54.3 Å². The van der Waals surface area contributed by atoms with Gasteiger partial charge in [-0.1, -0.05) is 48.6 Å². The summed E-state index contributed by atoms with van der Waals surface area (Å²) in [5, 5.41) is 8.58. The van der Waals surface area contributed by atoms with Crippen molar-refractivity contribution < 1.29 is 18.3 Å². The Balaban J connectivity index is 1.77. The Hall–Kier alpha value is -2.08. The van der Waals surface area contributed by atoms with Gasteiger partial charge in [0.15, 0.2) is 0 Å². The first-order valence-corrected chi connectivity index (χ1v) is 10.2. The molecule has 0 radical (unpaired) electrons. The lowest BCUT2D eigenvalue weighted by molar-refractivity contribution is -0.137. The minimum absolute atomic E-state index is 0.0735. The van der Waals surface area contributed by atoms with Gasteiger partial charge in [0.1, 0.15) is 0 Å². The number of hydrogen-bond acceptors (Lipinski definition) is 3. The second-order valence-electron chi connectivity index (χ2n) is 6.27. The topological polar surface area (TPSA) is 83.5 Å². The predicted octanol–water partition coefficient (Wildman–Crippen LogP) is 3.25. The Labute approximate surface area is 149 Å². The zero-order chi connectivity index (χ0) is 18.1. The molecule has 2 rings (SSSR count). The van der Waals surface area contributed by atoms with Crippen LogP contribution in [0.4, 0.5) is 0 Å². The fourth-order valence-corrected chi connectivity index (χ4v) is 3.95. The Bertz CT molecular complexity index is 723. The summed E-state index contributed by atoms with van der Waals surface area (Å²) in [5.41, 5.74) is 1.77. The summed E-state index contributed by atoms with van der Waals surface area (Å²) in [5.74, 6) is -0.484. The lowest BCUT2D eigenvalue weighted by Gasteiger charge is -2.08. The van der Waals surface area contributed by atoms with Crippen molar-refractivity contribution in [1.29, 1.82) is 0 Å². The average Bonchev–Trinajstić information content (AvgIpc) is 3.00. The number of allylic oxidation sites excluding steroid dienone is 4.